The number of hydrogen-bond donors (Lipinski definition) is 3. The average molecular weight is 336 g/mol. The third kappa shape index (κ3) is 2.53. The van der Waals surface area contributed by atoms with Gasteiger partial charge in [-0.1, -0.05) is 0 Å². The third-order valence-electron chi connectivity index (χ3n) is 4.70. The number of imidazole rings is 1. The van der Waals surface area contributed by atoms with E-state index in [1.807, 2.05) is 0 Å². The van der Waals surface area contributed by atoms with Gasteiger partial charge in [-0.25, -0.2) is 9.97 Å². The van der Waals surface area contributed by atoms with Gasteiger partial charge in [0.15, 0.2) is 17.4 Å². The minimum atomic E-state index is -1.19. The first kappa shape index (κ1) is 15.7. The molecule has 2 aliphatic rings. The van der Waals surface area contributed by atoms with E-state index in [-0.39, 0.29) is 12.7 Å². The van der Waals surface area contributed by atoms with Crippen molar-refractivity contribution >= 4 is 11.2 Å². The van der Waals surface area contributed by atoms with Crippen molar-refractivity contribution in [1.82, 2.24) is 19.5 Å². The van der Waals surface area contributed by atoms with Crippen molar-refractivity contribution in [2.45, 2.75) is 56.3 Å². The monoisotopic (exact) mass is 336 g/mol. The molecule has 24 heavy (non-hydrogen) atoms. The van der Waals surface area contributed by atoms with E-state index in [4.69, 9.17) is 9.47 Å². The van der Waals surface area contributed by atoms with Gasteiger partial charge in [0.25, 0.3) is 0 Å². The van der Waals surface area contributed by atoms with E-state index < -0.39 is 24.5 Å². The number of aliphatic hydroxyl groups is 3. The predicted octanol–water partition coefficient (Wildman–Crippen LogP) is -0.241. The molecule has 1 saturated heterocycles. The van der Waals surface area contributed by atoms with Gasteiger partial charge in [0, 0.05) is 0 Å². The summed E-state index contributed by atoms with van der Waals surface area (Å²) in [6.07, 6.45) is 3.21. The number of rotatable bonds is 4. The Hall–Kier alpha value is -1.81. The molecule has 0 amide bonds. The smallest absolute Gasteiger partial charge is 0.245 e. The Bertz CT molecular complexity index is 717. The van der Waals surface area contributed by atoms with Crippen molar-refractivity contribution in [3.63, 3.8) is 0 Å². The second-order valence-electron chi connectivity index (χ2n) is 6.26. The normalized spacial score (nSPS) is 31.1. The molecule has 1 saturated carbocycles. The molecule has 3 heterocycles. The lowest BCUT2D eigenvalue weighted by Gasteiger charge is -2.16. The fourth-order valence-corrected chi connectivity index (χ4v) is 3.38. The first-order chi connectivity index (χ1) is 11.7. The highest BCUT2D eigenvalue weighted by Crippen LogP contribution is 2.33. The minimum absolute atomic E-state index is 0.141. The van der Waals surface area contributed by atoms with Gasteiger partial charge >= 0.3 is 0 Å². The van der Waals surface area contributed by atoms with E-state index in [2.05, 4.69) is 15.0 Å². The Kier molecular flexibility index (Phi) is 4.09. The zero-order valence-electron chi connectivity index (χ0n) is 13.0. The Labute approximate surface area is 137 Å². The van der Waals surface area contributed by atoms with E-state index >= 15 is 0 Å². The van der Waals surface area contributed by atoms with Gasteiger partial charge in [-0.2, -0.15) is 4.98 Å². The van der Waals surface area contributed by atoms with Crippen LogP contribution in [0.2, 0.25) is 0 Å². The highest BCUT2D eigenvalue weighted by atomic mass is 16.6. The summed E-state index contributed by atoms with van der Waals surface area (Å²) in [6.45, 7) is -0.383. The molecular formula is C15H20N4O5. The molecule has 4 rings (SSSR count). The van der Waals surface area contributed by atoms with Crippen LogP contribution in [0.1, 0.15) is 31.9 Å². The Balaban J connectivity index is 1.65. The van der Waals surface area contributed by atoms with Crippen LogP contribution < -0.4 is 4.74 Å². The molecule has 1 aliphatic heterocycles. The molecule has 2 fully saturated rings. The highest BCUT2D eigenvalue weighted by molar-refractivity contribution is 5.76. The van der Waals surface area contributed by atoms with Crippen molar-refractivity contribution in [2.24, 2.45) is 0 Å². The Morgan fingerprint density at radius 2 is 1.96 bits per heavy atom. The fraction of sp³-hybridized carbons (Fsp3) is 0.667. The third-order valence-corrected chi connectivity index (χ3v) is 4.70. The second kappa shape index (κ2) is 6.25. The van der Waals surface area contributed by atoms with Gasteiger partial charge in [-0.05, 0) is 25.7 Å². The SMILES string of the molecule is OC[C@H]1O[C@@H](n2cnc3c(OC4CCCC4)ncnc32)[C@H](O)[C@@H]1O. The fourth-order valence-electron chi connectivity index (χ4n) is 3.38. The molecule has 9 heteroatoms. The molecule has 0 radical (unpaired) electrons. The van der Waals surface area contributed by atoms with Crippen LogP contribution in [0.4, 0.5) is 0 Å². The summed E-state index contributed by atoms with van der Waals surface area (Å²) in [5.41, 5.74) is 0.940. The summed E-state index contributed by atoms with van der Waals surface area (Å²) in [7, 11) is 0. The topological polar surface area (TPSA) is 123 Å². The molecule has 0 spiro atoms. The Morgan fingerprint density at radius 3 is 2.67 bits per heavy atom. The minimum Gasteiger partial charge on any atom is -0.473 e. The summed E-state index contributed by atoms with van der Waals surface area (Å²) in [5.74, 6) is 0.414. The van der Waals surface area contributed by atoms with Crippen molar-refractivity contribution < 1.29 is 24.8 Å². The van der Waals surface area contributed by atoms with Crippen molar-refractivity contribution in [1.29, 1.82) is 0 Å². The molecule has 4 atom stereocenters. The van der Waals surface area contributed by atoms with Crippen LogP contribution in [0.25, 0.3) is 11.2 Å². The van der Waals surface area contributed by atoms with E-state index in [9.17, 15) is 15.3 Å². The largest absolute Gasteiger partial charge is 0.473 e. The molecular weight excluding hydrogens is 316 g/mol. The van der Waals surface area contributed by atoms with Crippen LogP contribution in [-0.2, 0) is 4.74 Å². The standard InChI is InChI=1S/C15H20N4O5/c20-5-9-11(21)12(22)15(24-9)19-7-18-10-13(19)16-6-17-14(10)23-8-3-1-2-4-8/h6-9,11-12,15,20-22H,1-5H2/t9-,11-,12-,15-/m1/s1. The number of fused-ring (bicyclic) bond motifs is 1. The van der Waals surface area contributed by atoms with Gasteiger partial charge in [0.1, 0.15) is 30.7 Å². The average Bonchev–Trinajstić information content (AvgIpc) is 3.30. The molecule has 0 aromatic carbocycles. The Morgan fingerprint density at radius 1 is 1.17 bits per heavy atom. The van der Waals surface area contributed by atoms with Crippen molar-refractivity contribution in [3.8, 4) is 5.88 Å². The van der Waals surface area contributed by atoms with Gasteiger partial charge in [-0.3, -0.25) is 4.57 Å². The predicted molar refractivity (Wildman–Crippen MR) is 81.2 cm³/mol. The van der Waals surface area contributed by atoms with Crippen LogP contribution >= 0.6 is 0 Å². The molecule has 130 valence electrons. The van der Waals surface area contributed by atoms with Crippen LogP contribution in [0.15, 0.2) is 12.7 Å². The van der Waals surface area contributed by atoms with E-state index in [1.54, 1.807) is 0 Å². The first-order valence-corrected chi connectivity index (χ1v) is 8.15. The van der Waals surface area contributed by atoms with Gasteiger partial charge in [-0.15, -0.1) is 0 Å². The van der Waals surface area contributed by atoms with E-state index in [0.29, 0.717) is 17.0 Å². The molecule has 9 nitrogen and oxygen atoms in total. The van der Waals surface area contributed by atoms with Crippen LogP contribution in [0, 0.1) is 0 Å². The first-order valence-electron chi connectivity index (χ1n) is 8.15. The zero-order chi connectivity index (χ0) is 16.7. The summed E-state index contributed by atoms with van der Waals surface area (Å²) in [4.78, 5) is 12.7. The van der Waals surface area contributed by atoms with E-state index in [0.717, 1.165) is 25.7 Å². The lowest BCUT2D eigenvalue weighted by molar-refractivity contribution is -0.0511. The maximum atomic E-state index is 10.2. The molecule has 0 bridgehead atoms. The van der Waals surface area contributed by atoms with Crippen LogP contribution in [-0.4, -0.2) is 65.9 Å². The summed E-state index contributed by atoms with van der Waals surface area (Å²) in [5, 5.41) is 29.3. The maximum Gasteiger partial charge on any atom is 0.245 e. The number of ether oxygens (including phenoxy) is 2. The lowest BCUT2D eigenvalue weighted by atomic mass is 10.1. The number of aliphatic hydroxyl groups excluding tert-OH is 3. The van der Waals surface area contributed by atoms with Gasteiger partial charge < -0.3 is 24.8 Å². The van der Waals surface area contributed by atoms with Gasteiger partial charge in [0.2, 0.25) is 5.88 Å². The summed E-state index contributed by atoms with van der Waals surface area (Å²) >= 11 is 0. The zero-order valence-corrected chi connectivity index (χ0v) is 13.0. The molecule has 0 unspecified atom stereocenters. The quantitative estimate of drug-likeness (QED) is 0.699. The highest BCUT2D eigenvalue weighted by Gasteiger charge is 2.44. The van der Waals surface area contributed by atoms with E-state index in [1.165, 1.54) is 17.2 Å². The van der Waals surface area contributed by atoms with Crippen LogP contribution in [0.5, 0.6) is 5.88 Å². The molecule has 2 aromatic heterocycles. The summed E-state index contributed by atoms with van der Waals surface area (Å²) in [6, 6.07) is 0. The number of hydrogen-bond acceptors (Lipinski definition) is 8. The summed E-state index contributed by atoms with van der Waals surface area (Å²) < 4.78 is 13.0. The molecule has 3 N–H and O–H groups in total. The van der Waals surface area contributed by atoms with Crippen LogP contribution in [0.3, 0.4) is 0 Å². The number of nitrogens with zero attached hydrogens (tertiary/aromatic N) is 4. The van der Waals surface area contributed by atoms with Crippen molar-refractivity contribution in [2.75, 3.05) is 6.61 Å². The van der Waals surface area contributed by atoms with Gasteiger partial charge in [0.05, 0.1) is 12.9 Å². The maximum absolute atomic E-state index is 10.2. The lowest BCUT2D eigenvalue weighted by Crippen LogP contribution is -2.33. The van der Waals surface area contributed by atoms with Crippen molar-refractivity contribution in [3.05, 3.63) is 12.7 Å². The number of aromatic nitrogens is 4. The molecule has 1 aliphatic carbocycles. The second-order valence-corrected chi connectivity index (χ2v) is 6.26. The molecule has 2 aromatic rings.